The maximum atomic E-state index is 13.6. The second-order valence-corrected chi connectivity index (χ2v) is 9.39. The van der Waals surface area contributed by atoms with Crippen molar-refractivity contribution in [2.24, 2.45) is 0 Å². The number of halogens is 3. The van der Waals surface area contributed by atoms with Gasteiger partial charge in [0, 0.05) is 35.3 Å². The number of hydrogen-bond donors (Lipinski definition) is 2. The van der Waals surface area contributed by atoms with Gasteiger partial charge in [-0.2, -0.15) is 23.4 Å². The van der Waals surface area contributed by atoms with E-state index in [-0.39, 0.29) is 23.9 Å². The predicted molar refractivity (Wildman–Crippen MR) is 105 cm³/mol. The molecule has 0 saturated carbocycles. The third kappa shape index (κ3) is 3.89. The summed E-state index contributed by atoms with van der Waals surface area (Å²) >= 11 is 0. The summed E-state index contributed by atoms with van der Waals surface area (Å²) in [6.45, 7) is 9.80. The van der Waals surface area contributed by atoms with Crippen LogP contribution in [0.15, 0.2) is 12.3 Å². The average Bonchev–Trinajstić information content (AvgIpc) is 3.31. The highest BCUT2D eigenvalue weighted by molar-refractivity contribution is 5.42. The van der Waals surface area contributed by atoms with E-state index in [0.717, 1.165) is 35.3 Å². The molecule has 0 bridgehead atoms. The van der Waals surface area contributed by atoms with Gasteiger partial charge >= 0.3 is 6.18 Å². The van der Waals surface area contributed by atoms with Gasteiger partial charge in [-0.15, -0.1) is 0 Å². The number of likely N-dealkylation sites (tertiary alicyclic amines) is 1. The fraction of sp³-hybridized carbons (Fsp3) is 0.700. The van der Waals surface area contributed by atoms with Crippen LogP contribution in [0.5, 0.6) is 0 Å². The molecular weight excluding hydrogens is 381 g/mol. The van der Waals surface area contributed by atoms with Crippen molar-refractivity contribution in [2.45, 2.75) is 83.2 Å². The van der Waals surface area contributed by atoms with Gasteiger partial charge in [0.1, 0.15) is 5.82 Å². The van der Waals surface area contributed by atoms with E-state index in [0.29, 0.717) is 18.1 Å². The molecular formula is C20H29F3N6. The lowest BCUT2D eigenvalue weighted by Gasteiger charge is -2.31. The first-order valence-electron chi connectivity index (χ1n) is 10.2. The molecule has 2 aliphatic heterocycles. The summed E-state index contributed by atoms with van der Waals surface area (Å²) in [6.07, 6.45) is -0.553. The summed E-state index contributed by atoms with van der Waals surface area (Å²) in [5.41, 5.74) is 2.90. The zero-order valence-electron chi connectivity index (χ0n) is 17.3. The molecule has 2 N–H and O–H groups in total. The number of nitrogens with zero attached hydrogens (tertiary/aromatic N) is 4. The molecule has 2 aromatic rings. The molecule has 1 saturated heterocycles. The molecule has 0 aromatic carbocycles. The van der Waals surface area contributed by atoms with Crippen molar-refractivity contribution < 1.29 is 13.2 Å². The highest BCUT2D eigenvalue weighted by Gasteiger charge is 2.46. The zero-order valence-corrected chi connectivity index (χ0v) is 17.3. The van der Waals surface area contributed by atoms with Crippen molar-refractivity contribution in [3.63, 3.8) is 0 Å². The lowest BCUT2D eigenvalue weighted by molar-refractivity contribution is -0.173. The summed E-state index contributed by atoms with van der Waals surface area (Å²) in [4.78, 5) is 2.31. The van der Waals surface area contributed by atoms with Gasteiger partial charge in [0.2, 0.25) is 0 Å². The Kier molecular flexibility index (Phi) is 4.91. The van der Waals surface area contributed by atoms with E-state index >= 15 is 0 Å². The highest BCUT2D eigenvalue weighted by Crippen LogP contribution is 2.42. The van der Waals surface area contributed by atoms with Crippen LogP contribution in [0, 0.1) is 0 Å². The monoisotopic (exact) mass is 410 g/mol. The average molecular weight is 410 g/mol. The number of aromatic nitrogens is 4. The van der Waals surface area contributed by atoms with Gasteiger partial charge in [-0.3, -0.25) is 10.00 Å². The molecule has 160 valence electrons. The van der Waals surface area contributed by atoms with Gasteiger partial charge in [-0.25, -0.2) is 4.68 Å². The Morgan fingerprint density at radius 3 is 2.69 bits per heavy atom. The minimum Gasteiger partial charge on any atom is -0.368 e. The molecule has 3 atom stereocenters. The molecule has 0 radical (unpaired) electrons. The normalized spacial score (nSPS) is 25.8. The van der Waals surface area contributed by atoms with Crippen LogP contribution in [0.3, 0.4) is 0 Å². The molecule has 4 heterocycles. The van der Waals surface area contributed by atoms with Crippen LogP contribution < -0.4 is 5.32 Å². The molecule has 0 amide bonds. The Labute approximate surface area is 168 Å². The van der Waals surface area contributed by atoms with Gasteiger partial charge in [-0.1, -0.05) is 20.8 Å². The standard InChI is InChI=1S/C20H29F3N6/c1-12-8-16(20(21,22)23)29-17(25-12)9-14(27-29)15-6-5-7-28(15)11-13-10-24-26-18(13)19(2,3)4/h9-10,12,15-16,25H,5-8,11H2,1-4H3,(H,24,26)/t12-,15+,16-/m1/s1. The second-order valence-electron chi connectivity index (χ2n) is 9.39. The van der Waals surface area contributed by atoms with Gasteiger partial charge in [0.05, 0.1) is 17.9 Å². The summed E-state index contributed by atoms with van der Waals surface area (Å²) in [7, 11) is 0. The third-order valence-electron chi connectivity index (χ3n) is 5.95. The van der Waals surface area contributed by atoms with Gasteiger partial charge in [0.15, 0.2) is 6.04 Å². The molecule has 9 heteroatoms. The lowest BCUT2D eigenvalue weighted by atomic mass is 9.89. The highest BCUT2D eigenvalue weighted by atomic mass is 19.4. The fourth-order valence-corrected chi connectivity index (χ4v) is 4.59. The maximum absolute atomic E-state index is 13.6. The Bertz CT molecular complexity index is 862. The van der Waals surface area contributed by atoms with Crippen LogP contribution in [-0.2, 0) is 12.0 Å². The van der Waals surface area contributed by atoms with E-state index in [1.54, 1.807) is 13.0 Å². The molecule has 2 aliphatic rings. The Hall–Kier alpha value is -2.03. The van der Waals surface area contributed by atoms with Crippen molar-refractivity contribution in [1.29, 1.82) is 0 Å². The van der Waals surface area contributed by atoms with E-state index in [2.05, 4.69) is 46.3 Å². The fourth-order valence-electron chi connectivity index (χ4n) is 4.59. The molecule has 29 heavy (non-hydrogen) atoms. The molecule has 1 fully saturated rings. The maximum Gasteiger partial charge on any atom is 0.410 e. The van der Waals surface area contributed by atoms with Crippen LogP contribution in [0.25, 0.3) is 0 Å². The molecule has 0 spiro atoms. The number of anilines is 1. The number of aromatic amines is 1. The number of alkyl halides is 3. The summed E-state index contributed by atoms with van der Waals surface area (Å²) in [5.74, 6) is 0.464. The van der Waals surface area contributed by atoms with E-state index < -0.39 is 12.2 Å². The largest absolute Gasteiger partial charge is 0.410 e. The van der Waals surface area contributed by atoms with Gasteiger partial charge in [-0.05, 0) is 32.7 Å². The first-order chi connectivity index (χ1) is 13.5. The van der Waals surface area contributed by atoms with Crippen molar-refractivity contribution in [1.82, 2.24) is 24.9 Å². The van der Waals surface area contributed by atoms with Crippen molar-refractivity contribution in [3.8, 4) is 0 Å². The molecule has 6 nitrogen and oxygen atoms in total. The minimum absolute atomic E-state index is 0.00400. The quantitative estimate of drug-likeness (QED) is 0.779. The van der Waals surface area contributed by atoms with Crippen LogP contribution in [-0.4, -0.2) is 43.6 Å². The Balaban J connectivity index is 1.60. The number of fused-ring (bicyclic) bond motifs is 1. The Morgan fingerprint density at radius 1 is 1.24 bits per heavy atom. The van der Waals surface area contributed by atoms with E-state index in [9.17, 15) is 13.2 Å². The lowest BCUT2D eigenvalue weighted by Crippen LogP contribution is -2.37. The molecule has 4 rings (SSSR count). The summed E-state index contributed by atoms with van der Waals surface area (Å²) in [5, 5.41) is 14.9. The van der Waals surface area contributed by atoms with Gasteiger partial charge < -0.3 is 5.32 Å². The van der Waals surface area contributed by atoms with Crippen molar-refractivity contribution in [2.75, 3.05) is 11.9 Å². The predicted octanol–water partition coefficient (Wildman–Crippen LogP) is 4.55. The summed E-state index contributed by atoms with van der Waals surface area (Å²) in [6, 6.07) is 0.0106. The summed E-state index contributed by atoms with van der Waals surface area (Å²) < 4.78 is 41.8. The number of hydrogen-bond acceptors (Lipinski definition) is 4. The first-order valence-corrected chi connectivity index (χ1v) is 10.2. The first kappa shape index (κ1) is 20.3. The third-order valence-corrected chi connectivity index (χ3v) is 5.95. The minimum atomic E-state index is -4.30. The molecule has 2 aromatic heterocycles. The Morgan fingerprint density at radius 2 is 2.00 bits per heavy atom. The van der Waals surface area contributed by atoms with Crippen LogP contribution in [0.2, 0.25) is 0 Å². The topological polar surface area (TPSA) is 61.8 Å². The van der Waals surface area contributed by atoms with E-state index in [4.69, 9.17) is 0 Å². The number of rotatable bonds is 3. The van der Waals surface area contributed by atoms with Crippen molar-refractivity contribution in [3.05, 3.63) is 29.2 Å². The molecule has 0 aliphatic carbocycles. The number of H-pyrrole nitrogens is 1. The van der Waals surface area contributed by atoms with E-state index in [1.165, 1.54) is 0 Å². The second kappa shape index (κ2) is 7.04. The molecule has 0 unspecified atom stereocenters. The van der Waals surface area contributed by atoms with Crippen LogP contribution >= 0.6 is 0 Å². The van der Waals surface area contributed by atoms with Crippen molar-refractivity contribution >= 4 is 5.82 Å². The van der Waals surface area contributed by atoms with Crippen LogP contribution in [0.1, 0.15) is 76.0 Å². The zero-order chi connectivity index (χ0) is 21.0. The van der Waals surface area contributed by atoms with Crippen LogP contribution in [0.4, 0.5) is 19.0 Å². The SMILES string of the molecule is C[C@@H]1C[C@H](C(F)(F)F)n2nc([C@@H]3CCCN3Cc3cn[nH]c3C(C)(C)C)cc2N1. The number of nitrogens with one attached hydrogen (secondary N) is 2. The van der Waals surface area contributed by atoms with E-state index in [1.807, 2.05) is 6.20 Å². The smallest absolute Gasteiger partial charge is 0.368 e. The van der Waals surface area contributed by atoms with Gasteiger partial charge in [0.25, 0.3) is 0 Å².